The van der Waals surface area contributed by atoms with Crippen LogP contribution in [0, 0.1) is 10.1 Å². The topological polar surface area (TPSA) is 72.7 Å². The number of hydrogen-bond acceptors (Lipinski definition) is 5. The number of likely N-dealkylation sites (tertiary alicyclic amines) is 1. The van der Waals surface area contributed by atoms with Gasteiger partial charge >= 0.3 is 0 Å². The Bertz CT molecular complexity index is 648. The van der Waals surface area contributed by atoms with E-state index in [1.165, 1.54) is 23.5 Å². The maximum absolute atomic E-state index is 12.0. The van der Waals surface area contributed by atoms with Crippen LogP contribution < -0.4 is 4.74 Å². The van der Waals surface area contributed by atoms with Crippen molar-refractivity contribution >= 4 is 22.9 Å². The van der Waals surface area contributed by atoms with Gasteiger partial charge in [0.05, 0.1) is 22.9 Å². The van der Waals surface area contributed by atoms with Crippen LogP contribution in [0.15, 0.2) is 41.8 Å². The first-order valence-electron chi connectivity index (χ1n) is 6.37. The van der Waals surface area contributed by atoms with Crippen LogP contribution in [0.1, 0.15) is 9.67 Å². The smallest absolute Gasteiger partial charge is 0.269 e. The Kier molecular flexibility index (Phi) is 3.57. The van der Waals surface area contributed by atoms with Gasteiger partial charge in [-0.1, -0.05) is 6.07 Å². The summed E-state index contributed by atoms with van der Waals surface area (Å²) in [5.41, 5.74) is 0.0328. The highest BCUT2D eigenvalue weighted by Crippen LogP contribution is 2.23. The third kappa shape index (κ3) is 2.87. The van der Waals surface area contributed by atoms with E-state index in [0.717, 1.165) is 4.88 Å². The zero-order chi connectivity index (χ0) is 14.8. The summed E-state index contributed by atoms with van der Waals surface area (Å²) in [5.74, 6) is 0.599. The first kappa shape index (κ1) is 13.6. The number of nitrogens with zero attached hydrogens (tertiary/aromatic N) is 2. The molecule has 1 fully saturated rings. The van der Waals surface area contributed by atoms with Crippen LogP contribution in [0.25, 0.3) is 0 Å². The fourth-order valence-corrected chi connectivity index (χ4v) is 2.76. The molecular weight excluding hydrogens is 292 g/mol. The Morgan fingerprint density at radius 3 is 2.57 bits per heavy atom. The van der Waals surface area contributed by atoms with Crippen molar-refractivity contribution in [3.63, 3.8) is 0 Å². The van der Waals surface area contributed by atoms with Crippen molar-refractivity contribution in [2.24, 2.45) is 0 Å². The minimum Gasteiger partial charge on any atom is -0.487 e. The van der Waals surface area contributed by atoms with Gasteiger partial charge in [-0.2, -0.15) is 0 Å². The van der Waals surface area contributed by atoms with Crippen LogP contribution in [0.5, 0.6) is 5.75 Å². The van der Waals surface area contributed by atoms with Crippen LogP contribution in [-0.2, 0) is 0 Å². The summed E-state index contributed by atoms with van der Waals surface area (Å²) < 4.78 is 5.67. The van der Waals surface area contributed by atoms with Crippen LogP contribution in [0.2, 0.25) is 0 Å². The second kappa shape index (κ2) is 5.53. The van der Waals surface area contributed by atoms with E-state index in [0.29, 0.717) is 18.8 Å². The van der Waals surface area contributed by atoms with Crippen molar-refractivity contribution < 1.29 is 14.5 Å². The fraction of sp³-hybridized carbons (Fsp3) is 0.214. The highest BCUT2D eigenvalue weighted by atomic mass is 32.1. The number of rotatable bonds is 4. The van der Waals surface area contributed by atoms with E-state index in [-0.39, 0.29) is 17.7 Å². The first-order chi connectivity index (χ1) is 10.1. The van der Waals surface area contributed by atoms with E-state index >= 15 is 0 Å². The number of ether oxygens (including phenoxy) is 1. The van der Waals surface area contributed by atoms with Crippen LogP contribution in [-0.4, -0.2) is 34.9 Å². The highest BCUT2D eigenvalue weighted by molar-refractivity contribution is 7.12. The molecule has 0 saturated carbocycles. The number of nitro benzene ring substituents is 1. The third-order valence-electron chi connectivity index (χ3n) is 3.22. The Morgan fingerprint density at radius 1 is 1.29 bits per heavy atom. The van der Waals surface area contributed by atoms with Gasteiger partial charge in [0, 0.05) is 12.1 Å². The number of non-ortho nitro benzene ring substituents is 1. The largest absolute Gasteiger partial charge is 0.487 e. The van der Waals surface area contributed by atoms with E-state index in [4.69, 9.17) is 4.74 Å². The van der Waals surface area contributed by atoms with E-state index in [2.05, 4.69) is 0 Å². The van der Waals surface area contributed by atoms with Gasteiger partial charge in [0.1, 0.15) is 11.9 Å². The normalized spacial score (nSPS) is 14.6. The summed E-state index contributed by atoms with van der Waals surface area (Å²) in [7, 11) is 0. The van der Waals surface area contributed by atoms with E-state index < -0.39 is 4.92 Å². The molecule has 1 aromatic heterocycles. The lowest BCUT2D eigenvalue weighted by Gasteiger charge is -2.38. The van der Waals surface area contributed by atoms with Crippen LogP contribution >= 0.6 is 11.3 Å². The Labute approximate surface area is 124 Å². The molecule has 0 bridgehead atoms. The molecule has 1 saturated heterocycles. The van der Waals surface area contributed by atoms with E-state index in [1.54, 1.807) is 23.1 Å². The molecule has 6 nitrogen and oxygen atoms in total. The summed E-state index contributed by atoms with van der Waals surface area (Å²) in [6, 6.07) is 9.61. The summed E-state index contributed by atoms with van der Waals surface area (Å²) in [4.78, 5) is 24.6. The van der Waals surface area contributed by atoms with Crippen molar-refractivity contribution in [3.8, 4) is 5.75 Å². The summed E-state index contributed by atoms with van der Waals surface area (Å²) in [5, 5.41) is 12.4. The molecule has 0 N–H and O–H groups in total. The van der Waals surface area contributed by atoms with Crippen molar-refractivity contribution in [2.45, 2.75) is 6.10 Å². The first-order valence-corrected chi connectivity index (χ1v) is 7.25. The Hall–Kier alpha value is -2.41. The minimum absolute atomic E-state index is 0.0218. The van der Waals surface area contributed by atoms with Gasteiger partial charge in [0.15, 0.2) is 0 Å². The number of thiophene rings is 1. The predicted octanol–water partition coefficient (Wildman–Crippen LogP) is 2.56. The molecule has 3 rings (SSSR count). The monoisotopic (exact) mass is 304 g/mol. The average Bonchev–Trinajstić information content (AvgIpc) is 2.96. The average molecular weight is 304 g/mol. The lowest BCUT2D eigenvalue weighted by Crippen LogP contribution is -2.56. The summed E-state index contributed by atoms with van der Waals surface area (Å²) >= 11 is 1.42. The predicted molar refractivity (Wildman–Crippen MR) is 77.7 cm³/mol. The molecule has 1 aliphatic heterocycles. The maximum atomic E-state index is 12.0. The van der Waals surface area contributed by atoms with E-state index in [9.17, 15) is 14.9 Å². The number of carbonyl (C=O) groups excluding carboxylic acids is 1. The lowest BCUT2D eigenvalue weighted by atomic mass is 10.1. The zero-order valence-corrected chi connectivity index (χ0v) is 11.8. The molecule has 0 spiro atoms. The molecule has 0 atom stereocenters. The summed E-state index contributed by atoms with van der Waals surface area (Å²) in [6.45, 7) is 1.07. The number of carbonyl (C=O) groups is 1. The quantitative estimate of drug-likeness (QED) is 0.643. The van der Waals surface area contributed by atoms with Gasteiger partial charge in [0.2, 0.25) is 0 Å². The standard InChI is InChI=1S/C14H12N2O4S/c17-14(13-2-1-7-21-13)15-8-12(9-15)20-11-5-3-10(4-6-11)16(18)19/h1-7,12H,8-9H2. The molecule has 1 aromatic carbocycles. The zero-order valence-electron chi connectivity index (χ0n) is 11.0. The summed E-state index contributed by atoms with van der Waals surface area (Å²) in [6.07, 6.45) is -0.0598. The molecule has 108 valence electrons. The fourth-order valence-electron chi connectivity index (χ4n) is 2.07. The maximum Gasteiger partial charge on any atom is 0.269 e. The van der Waals surface area contributed by atoms with Crippen LogP contribution in [0.3, 0.4) is 0 Å². The molecular formula is C14H12N2O4S. The Morgan fingerprint density at radius 2 is 2.00 bits per heavy atom. The number of amides is 1. The van der Waals surface area contributed by atoms with Gasteiger partial charge in [0.25, 0.3) is 11.6 Å². The van der Waals surface area contributed by atoms with Crippen molar-refractivity contribution in [2.75, 3.05) is 13.1 Å². The minimum atomic E-state index is -0.450. The highest BCUT2D eigenvalue weighted by Gasteiger charge is 2.33. The van der Waals surface area contributed by atoms with Crippen LogP contribution in [0.4, 0.5) is 5.69 Å². The molecule has 2 heterocycles. The van der Waals surface area contributed by atoms with Gasteiger partial charge in [-0.05, 0) is 23.6 Å². The van der Waals surface area contributed by atoms with Crippen molar-refractivity contribution in [1.82, 2.24) is 4.90 Å². The molecule has 0 aliphatic carbocycles. The molecule has 1 aliphatic rings. The van der Waals surface area contributed by atoms with Crippen molar-refractivity contribution in [3.05, 3.63) is 56.8 Å². The second-order valence-electron chi connectivity index (χ2n) is 4.68. The number of benzene rings is 1. The van der Waals surface area contributed by atoms with Crippen molar-refractivity contribution in [1.29, 1.82) is 0 Å². The van der Waals surface area contributed by atoms with Gasteiger partial charge in [-0.25, -0.2) is 0 Å². The number of hydrogen-bond donors (Lipinski definition) is 0. The Balaban J connectivity index is 1.53. The van der Waals surface area contributed by atoms with Gasteiger partial charge < -0.3 is 9.64 Å². The van der Waals surface area contributed by atoms with Gasteiger partial charge in [-0.3, -0.25) is 14.9 Å². The van der Waals surface area contributed by atoms with Gasteiger partial charge in [-0.15, -0.1) is 11.3 Å². The molecule has 0 radical (unpaired) electrons. The lowest BCUT2D eigenvalue weighted by molar-refractivity contribution is -0.384. The SMILES string of the molecule is O=C(c1cccs1)N1CC(Oc2ccc([N+](=O)[O-])cc2)C1. The molecule has 7 heteroatoms. The van der Waals surface area contributed by atoms with E-state index in [1.807, 2.05) is 11.4 Å². The molecule has 21 heavy (non-hydrogen) atoms. The number of nitro groups is 1. The molecule has 2 aromatic rings. The second-order valence-corrected chi connectivity index (χ2v) is 5.63. The molecule has 0 unspecified atom stereocenters. The molecule has 1 amide bonds. The third-order valence-corrected chi connectivity index (χ3v) is 4.08.